The zero-order valence-electron chi connectivity index (χ0n) is 10.6. The average molecular weight is 384 g/mol. The predicted octanol–water partition coefficient (Wildman–Crippen LogP) is 3.54. The van der Waals surface area contributed by atoms with E-state index in [1.54, 1.807) is 18.2 Å². The van der Waals surface area contributed by atoms with E-state index in [1.807, 2.05) is 30.3 Å². The van der Waals surface area contributed by atoms with E-state index in [9.17, 15) is 4.79 Å². The van der Waals surface area contributed by atoms with Gasteiger partial charge in [0.15, 0.2) is 6.79 Å². The number of aromatic carboxylic acids is 1. The molecule has 0 unspecified atom stereocenters. The zero-order valence-corrected chi connectivity index (χ0v) is 12.7. The lowest BCUT2D eigenvalue weighted by molar-refractivity contribution is 0.00431. The molecule has 2 aromatic carbocycles. The molecule has 0 bridgehead atoms. The monoisotopic (exact) mass is 384 g/mol. The Morgan fingerprint density at radius 2 is 1.90 bits per heavy atom. The summed E-state index contributed by atoms with van der Waals surface area (Å²) in [7, 11) is 0. The van der Waals surface area contributed by atoms with Gasteiger partial charge in [0.1, 0.15) is 11.3 Å². The largest absolute Gasteiger partial charge is 0.478 e. The number of carboxylic acids is 1. The first-order valence-corrected chi connectivity index (χ1v) is 7.02. The van der Waals surface area contributed by atoms with Gasteiger partial charge in [-0.2, -0.15) is 0 Å². The minimum absolute atomic E-state index is 0.00969. The SMILES string of the molecule is O=C(O)c1cc(I)ccc1OCOCc1ccccc1. The predicted molar refractivity (Wildman–Crippen MR) is 82.8 cm³/mol. The molecule has 0 saturated heterocycles. The zero-order chi connectivity index (χ0) is 14.4. The van der Waals surface area contributed by atoms with E-state index in [2.05, 4.69) is 22.6 Å². The van der Waals surface area contributed by atoms with Crippen LogP contribution in [0.2, 0.25) is 0 Å². The molecule has 0 spiro atoms. The first kappa shape index (κ1) is 14.8. The van der Waals surface area contributed by atoms with Crippen LogP contribution >= 0.6 is 22.6 Å². The van der Waals surface area contributed by atoms with Gasteiger partial charge < -0.3 is 14.6 Å². The van der Waals surface area contributed by atoms with Crippen molar-refractivity contribution in [3.63, 3.8) is 0 Å². The molecule has 2 aromatic rings. The summed E-state index contributed by atoms with van der Waals surface area (Å²) in [4.78, 5) is 11.1. The molecule has 1 N–H and O–H groups in total. The van der Waals surface area contributed by atoms with E-state index in [4.69, 9.17) is 14.6 Å². The minimum Gasteiger partial charge on any atom is -0.478 e. The molecule has 0 amide bonds. The van der Waals surface area contributed by atoms with Crippen LogP contribution in [0.5, 0.6) is 5.75 Å². The van der Waals surface area contributed by atoms with Crippen molar-refractivity contribution in [2.45, 2.75) is 6.61 Å². The number of carboxylic acid groups (broad SMARTS) is 1. The summed E-state index contributed by atoms with van der Waals surface area (Å²) in [5, 5.41) is 9.10. The van der Waals surface area contributed by atoms with Crippen LogP contribution in [0.3, 0.4) is 0 Å². The molecule has 104 valence electrons. The Balaban J connectivity index is 1.90. The van der Waals surface area contributed by atoms with E-state index in [1.165, 1.54) is 0 Å². The third-order valence-electron chi connectivity index (χ3n) is 2.58. The van der Waals surface area contributed by atoms with Crippen molar-refractivity contribution in [1.29, 1.82) is 0 Å². The summed E-state index contributed by atoms with van der Waals surface area (Å²) in [6.07, 6.45) is 0. The summed E-state index contributed by atoms with van der Waals surface area (Å²) >= 11 is 2.06. The first-order valence-electron chi connectivity index (χ1n) is 5.94. The minimum atomic E-state index is -1.01. The number of rotatable bonds is 6. The summed E-state index contributed by atoms with van der Waals surface area (Å²) in [6, 6.07) is 14.7. The van der Waals surface area contributed by atoms with E-state index in [-0.39, 0.29) is 12.4 Å². The Hall–Kier alpha value is -1.60. The highest BCUT2D eigenvalue weighted by Crippen LogP contribution is 2.21. The van der Waals surface area contributed by atoms with Gasteiger partial charge in [-0.15, -0.1) is 0 Å². The Labute approximate surface area is 130 Å². The van der Waals surface area contributed by atoms with Crippen LogP contribution in [0.1, 0.15) is 15.9 Å². The Morgan fingerprint density at radius 1 is 1.15 bits per heavy atom. The van der Waals surface area contributed by atoms with E-state index < -0.39 is 5.97 Å². The van der Waals surface area contributed by atoms with Crippen molar-refractivity contribution in [2.75, 3.05) is 6.79 Å². The molecule has 2 rings (SSSR count). The highest BCUT2D eigenvalue weighted by atomic mass is 127. The fourth-order valence-electron chi connectivity index (χ4n) is 1.63. The Morgan fingerprint density at radius 3 is 2.60 bits per heavy atom. The Kier molecular flexibility index (Phi) is 5.37. The normalized spacial score (nSPS) is 10.2. The van der Waals surface area contributed by atoms with Gasteiger partial charge in [-0.3, -0.25) is 0 Å². The lowest BCUT2D eigenvalue weighted by Crippen LogP contribution is -2.07. The third-order valence-corrected chi connectivity index (χ3v) is 3.25. The van der Waals surface area contributed by atoms with Crippen molar-refractivity contribution in [1.82, 2.24) is 0 Å². The average Bonchev–Trinajstić information content (AvgIpc) is 2.45. The second-order valence-electron chi connectivity index (χ2n) is 4.04. The van der Waals surface area contributed by atoms with Gasteiger partial charge in [-0.25, -0.2) is 4.79 Å². The number of hydrogen-bond acceptors (Lipinski definition) is 3. The molecule has 0 heterocycles. The second kappa shape index (κ2) is 7.25. The van der Waals surface area contributed by atoms with Crippen LogP contribution in [0, 0.1) is 3.57 Å². The number of benzene rings is 2. The summed E-state index contributed by atoms with van der Waals surface area (Å²) < 4.78 is 11.6. The summed E-state index contributed by atoms with van der Waals surface area (Å²) in [5.41, 5.74) is 1.18. The second-order valence-corrected chi connectivity index (χ2v) is 5.29. The molecule has 0 aromatic heterocycles. The number of halogens is 1. The van der Waals surface area contributed by atoms with Crippen LogP contribution in [-0.2, 0) is 11.3 Å². The van der Waals surface area contributed by atoms with Gasteiger partial charge in [0, 0.05) is 3.57 Å². The van der Waals surface area contributed by atoms with Crippen molar-refractivity contribution >= 4 is 28.6 Å². The highest BCUT2D eigenvalue weighted by molar-refractivity contribution is 14.1. The topological polar surface area (TPSA) is 55.8 Å². The summed E-state index contributed by atoms with van der Waals surface area (Å²) in [5.74, 6) is -0.701. The molecule has 20 heavy (non-hydrogen) atoms. The van der Waals surface area contributed by atoms with Crippen molar-refractivity contribution < 1.29 is 19.4 Å². The van der Waals surface area contributed by atoms with Gasteiger partial charge in [0.2, 0.25) is 0 Å². The lowest BCUT2D eigenvalue weighted by atomic mass is 10.2. The molecule has 0 atom stereocenters. The maximum absolute atomic E-state index is 11.1. The number of hydrogen-bond donors (Lipinski definition) is 1. The molecular formula is C15H13IO4. The molecule has 5 heteroatoms. The Bertz CT molecular complexity index is 584. The van der Waals surface area contributed by atoms with Gasteiger partial charge >= 0.3 is 5.97 Å². The fraction of sp³-hybridized carbons (Fsp3) is 0.133. The summed E-state index contributed by atoms with van der Waals surface area (Å²) in [6.45, 7) is 0.434. The molecule has 4 nitrogen and oxygen atoms in total. The first-order chi connectivity index (χ1) is 9.66. The van der Waals surface area contributed by atoms with Crippen LogP contribution in [-0.4, -0.2) is 17.9 Å². The molecule has 0 aliphatic heterocycles. The third kappa shape index (κ3) is 4.21. The molecule has 0 radical (unpaired) electrons. The molecule has 0 saturated carbocycles. The van der Waals surface area contributed by atoms with Crippen molar-refractivity contribution in [3.8, 4) is 5.75 Å². The number of carbonyl (C=O) groups is 1. The van der Waals surface area contributed by atoms with Crippen LogP contribution in [0.25, 0.3) is 0 Å². The maximum Gasteiger partial charge on any atom is 0.339 e. The highest BCUT2D eigenvalue weighted by Gasteiger charge is 2.11. The lowest BCUT2D eigenvalue weighted by Gasteiger charge is -2.10. The van der Waals surface area contributed by atoms with Crippen LogP contribution in [0.4, 0.5) is 0 Å². The maximum atomic E-state index is 11.1. The standard InChI is InChI=1S/C15H13IO4/c16-12-6-7-14(13(8-12)15(17)18)20-10-19-9-11-4-2-1-3-5-11/h1-8H,9-10H2,(H,17,18). The number of ether oxygens (including phenoxy) is 2. The smallest absolute Gasteiger partial charge is 0.339 e. The van der Waals surface area contributed by atoms with Crippen LogP contribution in [0.15, 0.2) is 48.5 Å². The molecular weight excluding hydrogens is 371 g/mol. The van der Waals surface area contributed by atoms with Crippen LogP contribution < -0.4 is 4.74 Å². The molecule has 0 aliphatic rings. The van der Waals surface area contributed by atoms with Gasteiger partial charge in [0.25, 0.3) is 0 Å². The van der Waals surface area contributed by atoms with Crippen molar-refractivity contribution in [3.05, 3.63) is 63.2 Å². The van der Waals surface area contributed by atoms with E-state index >= 15 is 0 Å². The fourth-order valence-corrected chi connectivity index (χ4v) is 2.13. The van der Waals surface area contributed by atoms with Gasteiger partial charge in [-0.1, -0.05) is 30.3 Å². The molecule has 0 fully saturated rings. The quantitative estimate of drug-likeness (QED) is 0.470. The van der Waals surface area contributed by atoms with E-state index in [0.29, 0.717) is 12.4 Å². The molecule has 0 aliphatic carbocycles. The van der Waals surface area contributed by atoms with Gasteiger partial charge in [0.05, 0.1) is 6.61 Å². The van der Waals surface area contributed by atoms with E-state index in [0.717, 1.165) is 9.13 Å². The van der Waals surface area contributed by atoms with Crippen molar-refractivity contribution in [2.24, 2.45) is 0 Å². The van der Waals surface area contributed by atoms with Gasteiger partial charge in [-0.05, 0) is 46.4 Å².